The van der Waals surface area contributed by atoms with Crippen LogP contribution in [0.2, 0.25) is 5.02 Å². The number of halogens is 1. The molecule has 0 aliphatic rings. The van der Waals surface area contributed by atoms with Crippen molar-refractivity contribution < 1.29 is 9.90 Å². The number of nitrogens with one attached hydrogen (secondary N) is 1. The molecule has 0 heterocycles. The van der Waals surface area contributed by atoms with Gasteiger partial charge in [0.15, 0.2) is 0 Å². The average molecular weight is 299 g/mol. The minimum Gasteiger partial charge on any atom is -0.392 e. The molecule has 1 rings (SSSR count). The number of aliphatic hydroxyl groups excluding tert-OH is 1. The van der Waals surface area contributed by atoms with E-state index >= 15 is 0 Å². The molecule has 0 spiro atoms. The van der Waals surface area contributed by atoms with Crippen molar-refractivity contribution in [2.45, 2.75) is 39.3 Å². The molecule has 2 N–H and O–H groups in total. The van der Waals surface area contributed by atoms with E-state index in [9.17, 15) is 9.90 Å². The van der Waals surface area contributed by atoms with Crippen LogP contribution >= 0.6 is 11.6 Å². The van der Waals surface area contributed by atoms with Gasteiger partial charge in [-0.3, -0.25) is 0 Å². The predicted octanol–water partition coefficient (Wildman–Crippen LogP) is 2.68. The molecule has 1 aromatic rings. The quantitative estimate of drug-likeness (QED) is 0.848. The third-order valence-electron chi connectivity index (χ3n) is 2.97. The van der Waals surface area contributed by atoms with Crippen LogP contribution in [-0.2, 0) is 6.42 Å². The fraction of sp³-hybridized carbons (Fsp3) is 0.533. The highest BCUT2D eigenvalue weighted by atomic mass is 35.5. The van der Waals surface area contributed by atoms with Gasteiger partial charge in [0.2, 0.25) is 0 Å². The molecule has 0 bridgehead atoms. The highest BCUT2D eigenvalue weighted by Crippen LogP contribution is 2.14. The number of urea groups is 1. The number of hydrogen-bond acceptors (Lipinski definition) is 2. The van der Waals surface area contributed by atoms with Crippen molar-refractivity contribution in [3.05, 3.63) is 34.9 Å². The zero-order valence-corrected chi connectivity index (χ0v) is 13.0. The predicted molar refractivity (Wildman–Crippen MR) is 82.1 cm³/mol. The van der Waals surface area contributed by atoms with E-state index < -0.39 is 6.10 Å². The zero-order valence-electron chi connectivity index (χ0n) is 12.3. The Kier molecular flexibility index (Phi) is 6.82. The first-order valence-electron chi connectivity index (χ1n) is 6.87. The molecule has 0 aliphatic carbocycles. The van der Waals surface area contributed by atoms with Crippen molar-refractivity contribution in [2.24, 2.45) is 0 Å². The second-order valence-corrected chi connectivity index (χ2v) is 5.58. The van der Waals surface area contributed by atoms with E-state index in [2.05, 4.69) is 5.32 Å². The third-order valence-corrected chi connectivity index (χ3v) is 3.34. The fourth-order valence-corrected chi connectivity index (χ4v) is 2.15. The van der Waals surface area contributed by atoms with Crippen LogP contribution < -0.4 is 5.32 Å². The summed E-state index contributed by atoms with van der Waals surface area (Å²) in [6.45, 7) is 6.37. The molecule has 20 heavy (non-hydrogen) atoms. The van der Waals surface area contributed by atoms with Gasteiger partial charge in [0, 0.05) is 24.2 Å². The first kappa shape index (κ1) is 16.8. The van der Waals surface area contributed by atoms with Crippen LogP contribution in [0.5, 0.6) is 0 Å². The minimum atomic E-state index is -0.535. The highest BCUT2D eigenvalue weighted by molar-refractivity contribution is 6.31. The lowest BCUT2D eigenvalue weighted by Crippen LogP contribution is -2.47. The number of carbonyl (C=O) groups is 1. The van der Waals surface area contributed by atoms with Crippen LogP contribution in [-0.4, -0.2) is 41.3 Å². The summed E-state index contributed by atoms with van der Waals surface area (Å²) in [6, 6.07) is 7.49. The second kappa shape index (κ2) is 8.12. The van der Waals surface area contributed by atoms with E-state index in [4.69, 9.17) is 11.6 Å². The summed E-state index contributed by atoms with van der Waals surface area (Å²) >= 11 is 6.07. The Morgan fingerprint density at radius 2 is 2.00 bits per heavy atom. The van der Waals surface area contributed by atoms with Crippen molar-refractivity contribution in [3.8, 4) is 0 Å². The van der Waals surface area contributed by atoms with Gasteiger partial charge in [-0.1, -0.05) is 29.8 Å². The Bertz CT molecular complexity index is 436. The van der Waals surface area contributed by atoms with Crippen molar-refractivity contribution >= 4 is 17.6 Å². The van der Waals surface area contributed by atoms with Gasteiger partial charge >= 0.3 is 6.03 Å². The number of benzene rings is 1. The molecule has 0 aromatic heterocycles. The fourth-order valence-electron chi connectivity index (χ4n) is 1.92. The second-order valence-electron chi connectivity index (χ2n) is 5.17. The van der Waals surface area contributed by atoms with E-state index in [0.29, 0.717) is 24.5 Å². The first-order valence-corrected chi connectivity index (χ1v) is 7.25. The van der Waals surface area contributed by atoms with Crippen LogP contribution in [0.15, 0.2) is 24.3 Å². The van der Waals surface area contributed by atoms with Crippen LogP contribution in [0.25, 0.3) is 0 Å². The highest BCUT2D eigenvalue weighted by Gasteiger charge is 2.18. The molecule has 0 fully saturated rings. The average Bonchev–Trinajstić information content (AvgIpc) is 2.37. The minimum absolute atomic E-state index is 0.0462. The molecule has 1 atom stereocenters. The molecule has 0 saturated carbocycles. The van der Waals surface area contributed by atoms with Crippen molar-refractivity contribution in [1.29, 1.82) is 0 Å². The summed E-state index contributed by atoms with van der Waals surface area (Å²) < 4.78 is 0. The Balaban J connectivity index is 2.47. The third kappa shape index (κ3) is 5.39. The summed E-state index contributed by atoms with van der Waals surface area (Å²) in [5.41, 5.74) is 1.01. The SMILES string of the molecule is CC(O)CN(C(=O)NCCc1ccccc1Cl)C(C)C. The van der Waals surface area contributed by atoms with Gasteiger partial charge in [-0.05, 0) is 38.8 Å². The summed E-state index contributed by atoms with van der Waals surface area (Å²) in [7, 11) is 0. The van der Waals surface area contributed by atoms with Crippen LogP contribution in [0.3, 0.4) is 0 Å². The summed E-state index contributed by atoms with van der Waals surface area (Å²) in [5.74, 6) is 0. The van der Waals surface area contributed by atoms with Crippen molar-refractivity contribution in [3.63, 3.8) is 0 Å². The topological polar surface area (TPSA) is 52.6 Å². The lowest BCUT2D eigenvalue weighted by molar-refractivity contribution is 0.119. The maximum absolute atomic E-state index is 12.1. The van der Waals surface area contributed by atoms with Gasteiger partial charge in [-0.25, -0.2) is 4.79 Å². The Hall–Kier alpha value is -1.26. The van der Waals surface area contributed by atoms with Gasteiger partial charge in [-0.15, -0.1) is 0 Å². The Morgan fingerprint density at radius 1 is 1.35 bits per heavy atom. The van der Waals surface area contributed by atoms with Crippen LogP contribution in [0.1, 0.15) is 26.3 Å². The van der Waals surface area contributed by atoms with Gasteiger partial charge in [0.25, 0.3) is 0 Å². The molecule has 5 heteroatoms. The first-order chi connectivity index (χ1) is 9.41. The van der Waals surface area contributed by atoms with E-state index in [1.54, 1.807) is 11.8 Å². The van der Waals surface area contributed by atoms with E-state index in [-0.39, 0.29) is 12.1 Å². The maximum atomic E-state index is 12.1. The zero-order chi connectivity index (χ0) is 15.1. The number of aliphatic hydroxyl groups is 1. The molecule has 0 saturated heterocycles. The summed E-state index contributed by atoms with van der Waals surface area (Å²) in [5, 5.41) is 13.0. The molecule has 2 amide bonds. The monoisotopic (exact) mass is 298 g/mol. The van der Waals surface area contributed by atoms with Gasteiger partial charge in [0.1, 0.15) is 0 Å². The van der Waals surface area contributed by atoms with E-state index in [1.807, 2.05) is 38.1 Å². The van der Waals surface area contributed by atoms with Crippen molar-refractivity contribution in [2.75, 3.05) is 13.1 Å². The maximum Gasteiger partial charge on any atom is 0.317 e. The molecule has 1 unspecified atom stereocenters. The van der Waals surface area contributed by atoms with Gasteiger partial charge in [-0.2, -0.15) is 0 Å². The van der Waals surface area contributed by atoms with E-state index in [1.165, 1.54) is 0 Å². The number of nitrogens with zero attached hydrogens (tertiary/aromatic N) is 1. The molecule has 112 valence electrons. The Labute approximate surface area is 125 Å². The largest absolute Gasteiger partial charge is 0.392 e. The van der Waals surface area contributed by atoms with Crippen molar-refractivity contribution in [1.82, 2.24) is 10.2 Å². The standard InChI is InChI=1S/C15H23ClN2O2/c1-11(2)18(10-12(3)19)15(20)17-9-8-13-6-4-5-7-14(13)16/h4-7,11-12,19H,8-10H2,1-3H3,(H,17,20). The molecule has 0 aliphatic heterocycles. The van der Waals surface area contributed by atoms with Crippen LogP contribution in [0, 0.1) is 0 Å². The van der Waals surface area contributed by atoms with Gasteiger partial charge < -0.3 is 15.3 Å². The van der Waals surface area contributed by atoms with Crippen LogP contribution in [0.4, 0.5) is 4.79 Å². The number of hydrogen-bond donors (Lipinski definition) is 2. The lowest BCUT2D eigenvalue weighted by Gasteiger charge is -2.28. The molecular weight excluding hydrogens is 276 g/mol. The smallest absolute Gasteiger partial charge is 0.317 e. The molecular formula is C15H23ClN2O2. The number of amides is 2. The molecule has 1 aromatic carbocycles. The number of carbonyl (C=O) groups excluding carboxylic acids is 1. The van der Waals surface area contributed by atoms with Gasteiger partial charge in [0.05, 0.1) is 6.10 Å². The molecule has 0 radical (unpaired) electrons. The Morgan fingerprint density at radius 3 is 2.55 bits per heavy atom. The van der Waals surface area contributed by atoms with E-state index in [0.717, 1.165) is 5.56 Å². The molecule has 4 nitrogen and oxygen atoms in total. The summed E-state index contributed by atoms with van der Waals surface area (Å²) in [4.78, 5) is 13.7. The normalized spacial score (nSPS) is 12.3. The number of rotatable bonds is 6. The lowest BCUT2D eigenvalue weighted by atomic mass is 10.1. The summed E-state index contributed by atoms with van der Waals surface area (Å²) in [6.07, 6.45) is 0.151.